The molecule has 7 nitrogen and oxygen atoms in total. The summed E-state index contributed by atoms with van der Waals surface area (Å²) in [5.41, 5.74) is 1.65. The van der Waals surface area contributed by atoms with Gasteiger partial charge in [-0.3, -0.25) is 13.9 Å². The van der Waals surface area contributed by atoms with Crippen molar-refractivity contribution in [3.8, 4) is 0 Å². The molecule has 4 rings (SSSR count). The summed E-state index contributed by atoms with van der Waals surface area (Å²) in [6, 6.07) is 28.1. The predicted molar refractivity (Wildman–Crippen MR) is 184 cm³/mol. The summed E-state index contributed by atoms with van der Waals surface area (Å²) in [7, 11) is -4.29. The van der Waals surface area contributed by atoms with Gasteiger partial charge in [-0.1, -0.05) is 113 Å². The van der Waals surface area contributed by atoms with E-state index in [9.17, 15) is 18.0 Å². The zero-order valence-electron chi connectivity index (χ0n) is 24.9. The Morgan fingerprint density at radius 1 is 0.867 bits per heavy atom. The highest BCUT2D eigenvalue weighted by atomic mass is 79.9. The van der Waals surface area contributed by atoms with Crippen molar-refractivity contribution in [1.82, 2.24) is 10.2 Å². The molecular weight excluding hydrogens is 697 g/mol. The van der Waals surface area contributed by atoms with Crippen LogP contribution in [0.2, 0.25) is 10.0 Å². The number of benzene rings is 4. The molecule has 2 atom stereocenters. The molecule has 0 aliphatic carbocycles. The lowest BCUT2D eigenvalue weighted by atomic mass is 10.0. The van der Waals surface area contributed by atoms with Gasteiger partial charge in [0.1, 0.15) is 12.6 Å². The maximum atomic E-state index is 14.5. The lowest BCUT2D eigenvalue weighted by molar-refractivity contribution is -0.140. The molecule has 0 unspecified atom stereocenters. The van der Waals surface area contributed by atoms with Gasteiger partial charge >= 0.3 is 0 Å². The average Bonchev–Trinajstić information content (AvgIpc) is 3.03. The van der Waals surface area contributed by atoms with Crippen LogP contribution in [0.3, 0.4) is 0 Å². The Bertz CT molecular complexity index is 1730. The monoisotopic (exact) mass is 729 g/mol. The molecule has 11 heteroatoms. The number of hydrogen-bond donors (Lipinski definition) is 1. The van der Waals surface area contributed by atoms with Crippen molar-refractivity contribution < 1.29 is 18.0 Å². The van der Waals surface area contributed by atoms with Crippen LogP contribution in [0.25, 0.3) is 0 Å². The van der Waals surface area contributed by atoms with Crippen LogP contribution in [0.4, 0.5) is 5.69 Å². The van der Waals surface area contributed by atoms with Gasteiger partial charge in [0, 0.05) is 23.5 Å². The summed E-state index contributed by atoms with van der Waals surface area (Å²) in [6.45, 7) is 3.27. The highest BCUT2D eigenvalue weighted by Crippen LogP contribution is 2.35. The lowest BCUT2D eigenvalue weighted by Crippen LogP contribution is -2.54. The molecule has 2 amide bonds. The fourth-order valence-corrected chi connectivity index (χ4v) is 7.09. The van der Waals surface area contributed by atoms with Gasteiger partial charge in [0.2, 0.25) is 11.8 Å². The first-order valence-electron chi connectivity index (χ1n) is 14.4. The molecule has 0 saturated heterocycles. The Morgan fingerprint density at radius 3 is 2.13 bits per heavy atom. The first-order chi connectivity index (χ1) is 21.5. The van der Waals surface area contributed by atoms with Crippen molar-refractivity contribution in [3.05, 3.63) is 129 Å². The van der Waals surface area contributed by atoms with Crippen LogP contribution in [0, 0.1) is 0 Å². The number of nitrogens with zero attached hydrogens (tertiary/aromatic N) is 2. The standard InChI is InChI=1S/C34H34BrCl2N3O4S/c1-3-24(2)38-34(42)31(21-25-12-6-4-7-13-25)39(22-26-14-10-15-27(35)20-26)32(41)23-40(30-19-11-18-29(36)33(30)37)45(43,44)28-16-8-5-9-17-28/h4-20,24,31H,3,21-23H2,1-2H3,(H,38,42)/t24-,31-/m0/s1. The van der Waals surface area contributed by atoms with Crippen LogP contribution in [-0.2, 0) is 32.6 Å². The van der Waals surface area contributed by atoms with Gasteiger partial charge in [0.15, 0.2) is 0 Å². The van der Waals surface area contributed by atoms with Crippen molar-refractivity contribution in [3.63, 3.8) is 0 Å². The van der Waals surface area contributed by atoms with Crippen molar-refractivity contribution in [2.45, 2.75) is 50.2 Å². The predicted octanol–water partition coefficient (Wildman–Crippen LogP) is 7.51. The zero-order chi connectivity index (χ0) is 32.6. The number of sulfonamides is 1. The second-order valence-corrected chi connectivity index (χ2v) is 14.1. The van der Waals surface area contributed by atoms with E-state index in [0.29, 0.717) is 6.42 Å². The van der Waals surface area contributed by atoms with Gasteiger partial charge < -0.3 is 10.2 Å². The number of carbonyl (C=O) groups is 2. The van der Waals surface area contributed by atoms with E-state index in [1.54, 1.807) is 24.3 Å². The third kappa shape index (κ3) is 8.88. The van der Waals surface area contributed by atoms with Crippen LogP contribution >= 0.6 is 39.1 Å². The normalized spacial score (nSPS) is 12.6. The average molecular weight is 732 g/mol. The number of rotatable bonds is 13. The van der Waals surface area contributed by atoms with Gasteiger partial charge in [-0.05, 0) is 60.9 Å². The minimum Gasteiger partial charge on any atom is -0.352 e. The van der Waals surface area contributed by atoms with Gasteiger partial charge in [-0.25, -0.2) is 8.42 Å². The largest absolute Gasteiger partial charge is 0.352 e. The zero-order valence-corrected chi connectivity index (χ0v) is 28.8. The van der Waals surface area contributed by atoms with Crippen molar-refractivity contribution >= 4 is 66.7 Å². The second kappa shape index (κ2) is 15.8. The third-order valence-electron chi connectivity index (χ3n) is 7.32. The van der Waals surface area contributed by atoms with E-state index in [0.717, 1.165) is 19.9 Å². The molecule has 4 aromatic rings. The molecule has 0 fully saturated rings. The Balaban J connectivity index is 1.83. The molecule has 0 aromatic heterocycles. The van der Waals surface area contributed by atoms with E-state index in [2.05, 4.69) is 21.2 Å². The number of anilines is 1. The topological polar surface area (TPSA) is 86.8 Å². The van der Waals surface area contributed by atoms with Crippen molar-refractivity contribution in [1.29, 1.82) is 0 Å². The molecule has 0 radical (unpaired) electrons. The summed E-state index contributed by atoms with van der Waals surface area (Å²) in [5.74, 6) is -0.930. The molecule has 45 heavy (non-hydrogen) atoms. The van der Waals surface area contributed by atoms with E-state index < -0.39 is 28.5 Å². The molecule has 0 heterocycles. The first kappa shape index (κ1) is 34.5. The number of hydrogen-bond acceptors (Lipinski definition) is 4. The molecule has 0 bridgehead atoms. The summed E-state index contributed by atoms with van der Waals surface area (Å²) in [6.07, 6.45) is 0.909. The maximum Gasteiger partial charge on any atom is 0.264 e. The van der Waals surface area contributed by atoms with Gasteiger partial charge in [0.05, 0.1) is 20.6 Å². The minimum atomic E-state index is -4.29. The SMILES string of the molecule is CC[C@H](C)NC(=O)[C@H](Cc1ccccc1)N(Cc1cccc(Br)c1)C(=O)CN(c1cccc(Cl)c1Cl)S(=O)(=O)c1ccccc1. The fourth-order valence-electron chi connectivity index (χ4n) is 4.75. The number of halogens is 3. The van der Waals surface area contributed by atoms with Crippen LogP contribution in [0.1, 0.15) is 31.4 Å². The molecule has 0 spiro atoms. The lowest BCUT2D eigenvalue weighted by Gasteiger charge is -2.34. The molecule has 0 saturated carbocycles. The van der Waals surface area contributed by atoms with Crippen LogP contribution in [0.15, 0.2) is 112 Å². The number of nitrogens with one attached hydrogen (secondary N) is 1. The summed E-state index contributed by atoms with van der Waals surface area (Å²) < 4.78 is 30.0. The fraction of sp³-hybridized carbons (Fsp3) is 0.235. The van der Waals surface area contributed by atoms with E-state index in [1.807, 2.05) is 68.4 Å². The molecule has 0 aliphatic heterocycles. The van der Waals surface area contributed by atoms with Crippen LogP contribution in [-0.4, -0.2) is 43.8 Å². The van der Waals surface area contributed by atoms with E-state index >= 15 is 0 Å². The second-order valence-electron chi connectivity index (χ2n) is 10.6. The number of amides is 2. The molecule has 236 valence electrons. The van der Waals surface area contributed by atoms with Crippen molar-refractivity contribution in [2.75, 3.05) is 10.8 Å². The van der Waals surface area contributed by atoms with E-state index in [1.165, 1.54) is 29.2 Å². The van der Waals surface area contributed by atoms with E-state index in [-0.39, 0.29) is 45.5 Å². The highest BCUT2D eigenvalue weighted by molar-refractivity contribution is 9.10. The Hall–Kier alpha value is -3.37. The maximum absolute atomic E-state index is 14.5. The molecular formula is C34H34BrCl2N3O4S. The Morgan fingerprint density at radius 2 is 1.49 bits per heavy atom. The third-order valence-corrected chi connectivity index (χ3v) is 10.4. The first-order valence-corrected chi connectivity index (χ1v) is 17.4. The summed E-state index contributed by atoms with van der Waals surface area (Å²) in [5, 5.41) is 3.15. The number of carbonyl (C=O) groups excluding carboxylic acids is 2. The molecule has 0 aliphatic rings. The van der Waals surface area contributed by atoms with Crippen molar-refractivity contribution in [2.24, 2.45) is 0 Å². The summed E-state index contributed by atoms with van der Waals surface area (Å²) >= 11 is 16.4. The van der Waals surface area contributed by atoms with Gasteiger partial charge in [-0.15, -0.1) is 0 Å². The van der Waals surface area contributed by atoms with Crippen LogP contribution < -0.4 is 9.62 Å². The van der Waals surface area contributed by atoms with Gasteiger partial charge in [-0.2, -0.15) is 0 Å². The molecule has 4 aromatic carbocycles. The van der Waals surface area contributed by atoms with Gasteiger partial charge in [0.25, 0.3) is 10.0 Å². The van der Waals surface area contributed by atoms with E-state index in [4.69, 9.17) is 23.2 Å². The quantitative estimate of drug-likeness (QED) is 0.154. The Labute approximate surface area is 283 Å². The molecule has 1 N–H and O–H groups in total. The summed E-state index contributed by atoms with van der Waals surface area (Å²) in [4.78, 5) is 29.9. The minimum absolute atomic E-state index is 0.0136. The smallest absolute Gasteiger partial charge is 0.264 e. The Kier molecular flexibility index (Phi) is 12.1. The van der Waals surface area contributed by atoms with Crippen LogP contribution in [0.5, 0.6) is 0 Å². The highest BCUT2D eigenvalue weighted by Gasteiger charge is 2.35.